The van der Waals surface area contributed by atoms with Crippen LogP contribution in [0.5, 0.6) is 5.75 Å². The smallest absolute Gasteiger partial charge is 0.219 e. The van der Waals surface area contributed by atoms with Crippen LogP contribution in [0, 0.1) is 11.3 Å². The first-order chi connectivity index (χ1) is 14.6. The number of hydrogen-bond acceptors (Lipinski definition) is 6. The van der Waals surface area contributed by atoms with E-state index in [1.165, 1.54) is 0 Å². The Balaban J connectivity index is 1.36. The van der Waals surface area contributed by atoms with Crippen LogP contribution >= 0.6 is 0 Å². The summed E-state index contributed by atoms with van der Waals surface area (Å²) in [5, 5.41) is 19.4. The first-order valence-electron chi connectivity index (χ1n) is 9.78. The molecule has 1 N–H and O–H groups in total. The fraction of sp³-hybridized carbons (Fsp3) is 0.273. The highest BCUT2D eigenvalue weighted by Gasteiger charge is 2.18. The maximum absolute atomic E-state index is 11.5. The minimum atomic E-state index is 0.134. The Bertz CT molecular complexity index is 1060. The van der Waals surface area contributed by atoms with E-state index < -0.39 is 0 Å². The average molecular weight is 402 g/mol. The van der Waals surface area contributed by atoms with Gasteiger partial charge in [0, 0.05) is 44.4 Å². The molecule has 8 heteroatoms. The molecule has 0 atom stereocenters. The van der Waals surface area contributed by atoms with Gasteiger partial charge in [0.25, 0.3) is 0 Å². The van der Waals surface area contributed by atoms with E-state index in [1.807, 2.05) is 53.4 Å². The van der Waals surface area contributed by atoms with Gasteiger partial charge in [-0.2, -0.15) is 5.26 Å². The predicted molar refractivity (Wildman–Crippen MR) is 112 cm³/mol. The third kappa shape index (κ3) is 4.25. The summed E-state index contributed by atoms with van der Waals surface area (Å²) < 4.78 is 5.93. The Morgan fingerprint density at radius 2 is 1.93 bits per heavy atom. The highest BCUT2D eigenvalue weighted by Crippen LogP contribution is 2.23. The molecule has 0 radical (unpaired) electrons. The number of nitriles is 1. The molecule has 152 valence electrons. The molecule has 2 aromatic carbocycles. The standard InChI is InChI=1S/C22H22N6O2/c1-16(29)27-9-11-28(12-10-27)19-5-7-20(8-6-19)30-15-17-3-2-4-18(13-17)22-21(14-23)24-26-25-22/h2-8,13H,9-12,15H2,1H3,(H,24,25,26). The number of H-pyrrole nitrogens is 1. The third-order valence-electron chi connectivity index (χ3n) is 5.19. The number of benzene rings is 2. The van der Waals surface area contributed by atoms with Crippen LogP contribution in [0.4, 0.5) is 5.69 Å². The quantitative estimate of drug-likeness (QED) is 0.704. The summed E-state index contributed by atoms with van der Waals surface area (Å²) in [5.74, 6) is 0.917. The number of nitrogens with zero attached hydrogens (tertiary/aromatic N) is 5. The van der Waals surface area contributed by atoms with E-state index >= 15 is 0 Å². The second-order valence-electron chi connectivity index (χ2n) is 7.12. The molecular weight excluding hydrogens is 380 g/mol. The molecule has 0 aliphatic carbocycles. The second kappa shape index (κ2) is 8.66. The minimum Gasteiger partial charge on any atom is -0.489 e. The molecule has 1 fully saturated rings. The van der Waals surface area contributed by atoms with Crippen LogP contribution < -0.4 is 9.64 Å². The molecular formula is C22H22N6O2. The maximum Gasteiger partial charge on any atom is 0.219 e. The van der Waals surface area contributed by atoms with Gasteiger partial charge in [-0.15, -0.1) is 5.10 Å². The Labute approximate surface area is 174 Å². The molecule has 1 aromatic heterocycles. The van der Waals surface area contributed by atoms with E-state index in [-0.39, 0.29) is 5.91 Å². The largest absolute Gasteiger partial charge is 0.489 e. The molecule has 1 aliphatic rings. The fourth-order valence-electron chi connectivity index (χ4n) is 3.52. The normalized spacial score (nSPS) is 13.7. The lowest BCUT2D eigenvalue weighted by atomic mass is 10.1. The van der Waals surface area contributed by atoms with Gasteiger partial charge < -0.3 is 14.5 Å². The lowest BCUT2D eigenvalue weighted by Gasteiger charge is -2.35. The Morgan fingerprint density at radius 3 is 2.63 bits per heavy atom. The SMILES string of the molecule is CC(=O)N1CCN(c2ccc(OCc3cccc(-c4nn[nH]c4C#N)c3)cc2)CC1. The molecule has 0 bridgehead atoms. The van der Waals surface area contributed by atoms with Crippen LogP contribution in [0.3, 0.4) is 0 Å². The second-order valence-corrected chi connectivity index (χ2v) is 7.12. The number of ether oxygens (including phenoxy) is 1. The van der Waals surface area contributed by atoms with Crippen LogP contribution in [0.2, 0.25) is 0 Å². The van der Waals surface area contributed by atoms with Crippen molar-refractivity contribution in [2.24, 2.45) is 0 Å². The number of amides is 1. The molecule has 1 amide bonds. The molecule has 0 unspecified atom stereocenters. The van der Waals surface area contributed by atoms with Crippen LogP contribution in [0.15, 0.2) is 48.5 Å². The molecule has 30 heavy (non-hydrogen) atoms. The van der Waals surface area contributed by atoms with Crippen molar-refractivity contribution < 1.29 is 9.53 Å². The van der Waals surface area contributed by atoms with Crippen LogP contribution in [-0.4, -0.2) is 52.4 Å². The summed E-state index contributed by atoms with van der Waals surface area (Å²) in [7, 11) is 0. The Morgan fingerprint density at radius 1 is 1.17 bits per heavy atom. The van der Waals surface area contributed by atoms with Gasteiger partial charge in [-0.05, 0) is 35.9 Å². The lowest BCUT2D eigenvalue weighted by molar-refractivity contribution is -0.129. The van der Waals surface area contributed by atoms with Gasteiger partial charge in [0.1, 0.15) is 24.1 Å². The number of rotatable bonds is 5. The van der Waals surface area contributed by atoms with Crippen molar-refractivity contribution in [2.75, 3.05) is 31.1 Å². The molecule has 1 aliphatic heterocycles. The van der Waals surface area contributed by atoms with Gasteiger partial charge in [0.05, 0.1) is 0 Å². The zero-order valence-electron chi connectivity index (χ0n) is 16.7. The van der Waals surface area contributed by atoms with E-state index in [2.05, 4.69) is 26.4 Å². The van der Waals surface area contributed by atoms with Gasteiger partial charge in [0.2, 0.25) is 5.91 Å². The van der Waals surface area contributed by atoms with Crippen molar-refractivity contribution in [3.63, 3.8) is 0 Å². The van der Waals surface area contributed by atoms with Gasteiger partial charge in [0.15, 0.2) is 5.69 Å². The molecule has 3 aromatic rings. The van der Waals surface area contributed by atoms with Crippen LogP contribution in [0.25, 0.3) is 11.3 Å². The summed E-state index contributed by atoms with van der Waals surface area (Å²) in [4.78, 5) is 15.6. The number of piperazine rings is 1. The number of nitrogens with one attached hydrogen (secondary N) is 1. The number of carbonyl (C=O) groups excluding carboxylic acids is 1. The highest BCUT2D eigenvalue weighted by molar-refractivity contribution is 5.73. The van der Waals surface area contributed by atoms with Crippen molar-refractivity contribution in [1.29, 1.82) is 5.26 Å². The molecule has 8 nitrogen and oxygen atoms in total. The van der Waals surface area contributed by atoms with Gasteiger partial charge >= 0.3 is 0 Å². The summed E-state index contributed by atoms with van der Waals surface area (Å²) in [6.07, 6.45) is 0. The highest BCUT2D eigenvalue weighted by atomic mass is 16.5. The summed E-state index contributed by atoms with van der Waals surface area (Å²) in [6, 6.07) is 17.8. The van der Waals surface area contributed by atoms with Gasteiger partial charge in [-0.25, -0.2) is 5.10 Å². The summed E-state index contributed by atoms with van der Waals surface area (Å²) in [5.41, 5.74) is 3.80. The van der Waals surface area contributed by atoms with Crippen molar-refractivity contribution in [2.45, 2.75) is 13.5 Å². The number of anilines is 1. The zero-order chi connectivity index (χ0) is 20.9. The minimum absolute atomic E-state index is 0.134. The predicted octanol–water partition coefficient (Wildman–Crippen LogP) is 2.59. The fourth-order valence-corrected chi connectivity index (χ4v) is 3.52. The van der Waals surface area contributed by atoms with Crippen LogP contribution in [0.1, 0.15) is 18.2 Å². The van der Waals surface area contributed by atoms with Crippen molar-refractivity contribution >= 4 is 11.6 Å². The third-order valence-corrected chi connectivity index (χ3v) is 5.19. The number of carbonyl (C=O) groups is 1. The monoisotopic (exact) mass is 402 g/mol. The first-order valence-corrected chi connectivity index (χ1v) is 9.78. The molecule has 0 saturated carbocycles. The Hall–Kier alpha value is -3.86. The first kappa shape index (κ1) is 19.5. The Kier molecular flexibility index (Phi) is 5.61. The van der Waals surface area contributed by atoms with Crippen molar-refractivity contribution in [3.8, 4) is 23.1 Å². The zero-order valence-corrected chi connectivity index (χ0v) is 16.7. The molecule has 0 spiro atoms. The van der Waals surface area contributed by atoms with E-state index in [0.29, 0.717) is 18.0 Å². The molecule has 2 heterocycles. The van der Waals surface area contributed by atoms with Crippen molar-refractivity contribution in [1.82, 2.24) is 20.3 Å². The molecule has 1 saturated heterocycles. The summed E-state index contributed by atoms with van der Waals surface area (Å²) in [6.45, 7) is 5.19. The van der Waals surface area contributed by atoms with E-state index in [4.69, 9.17) is 10.00 Å². The van der Waals surface area contributed by atoms with Gasteiger partial charge in [-0.1, -0.05) is 23.4 Å². The van der Waals surface area contributed by atoms with Crippen LogP contribution in [-0.2, 0) is 11.4 Å². The maximum atomic E-state index is 11.5. The number of aromatic nitrogens is 3. The molecule has 4 rings (SSSR count). The topological polar surface area (TPSA) is 98.1 Å². The van der Waals surface area contributed by atoms with Crippen molar-refractivity contribution in [3.05, 3.63) is 59.8 Å². The van der Waals surface area contributed by atoms with E-state index in [0.717, 1.165) is 48.7 Å². The van der Waals surface area contributed by atoms with Gasteiger partial charge in [-0.3, -0.25) is 4.79 Å². The summed E-state index contributed by atoms with van der Waals surface area (Å²) >= 11 is 0. The van der Waals surface area contributed by atoms with E-state index in [9.17, 15) is 4.79 Å². The van der Waals surface area contributed by atoms with E-state index in [1.54, 1.807) is 6.92 Å². The average Bonchev–Trinajstić information content (AvgIpc) is 3.27. The number of aromatic amines is 1. The lowest BCUT2D eigenvalue weighted by Crippen LogP contribution is -2.48. The number of hydrogen-bond donors (Lipinski definition) is 1.